The summed E-state index contributed by atoms with van der Waals surface area (Å²) >= 11 is 1.77. The van der Waals surface area contributed by atoms with Gasteiger partial charge in [-0.3, -0.25) is 0 Å². The van der Waals surface area contributed by atoms with Crippen LogP contribution >= 0.6 is 11.3 Å². The Morgan fingerprint density at radius 2 is 2.25 bits per heavy atom. The first-order chi connectivity index (χ1) is 5.67. The van der Waals surface area contributed by atoms with Crippen molar-refractivity contribution in [2.75, 3.05) is 0 Å². The standard InChI is InChI=1S/C10H17NS/c1-4-5-6-10(2,3)9-11-7-8-12-9/h7-8H,4-6H2,1-3H3. The van der Waals surface area contributed by atoms with E-state index in [-0.39, 0.29) is 5.41 Å². The van der Waals surface area contributed by atoms with Gasteiger partial charge in [0.2, 0.25) is 0 Å². The molecule has 0 aromatic carbocycles. The summed E-state index contributed by atoms with van der Waals surface area (Å²) in [6.45, 7) is 6.79. The van der Waals surface area contributed by atoms with Crippen LogP contribution in [0.4, 0.5) is 0 Å². The van der Waals surface area contributed by atoms with Gasteiger partial charge in [-0.15, -0.1) is 11.3 Å². The molecule has 0 aliphatic heterocycles. The van der Waals surface area contributed by atoms with Crippen molar-refractivity contribution in [1.82, 2.24) is 4.98 Å². The van der Waals surface area contributed by atoms with E-state index in [0.29, 0.717) is 0 Å². The van der Waals surface area contributed by atoms with Gasteiger partial charge < -0.3 is 0 Å². The maximum Gasteiger partial charge on any atom is 0.0981 e. The summed E-state index contributed by atoms with van der Waals surface area (Å²) < 4.78 is 0. The Morgan fingerprint density at radius 3 is 2.75 bits per heavy atom. The van der Waals surface area contributed by atoms with Gasteiger partial charge in [0.15, 0.2) is 0 Å². The fraction of sp³-hybridized carbons (Fsp3) is 0.700. The van der Waals surface area contributed by atoms with Crippen LogP contribution in [0.15, 0.2) is 11.6 Å². The third-order valence-electron chi connectivity index (χ3n) is 2.17. The molecular formula is C10H17NS. The predicted molar refractivity (Wildman–Crippen MR) is 54.7 cm³/mol. The number of aromatic nitrogens is 1. The molecule has 1 aromatic rings. The van der Waals surface area contributed by atoms with Crippen molar-refractivity contribution in [3.05, 3.63) is 16.6 Å². The highest BCUT2D eigenvalue weighted by atomic mass is 32.1. The second kappa shape index (κ2) is 4.04. The number of hydrogen-bond acceptors (Lipinski definition) is 2. The average molecular weight is 183 g/mol. The molecule has 0 fully saturated rings. The smallest absolute Gasteiger partial charge is 0.0981 e. The van der Waals surface area contributed by atoms with Crippen LogP contribution < -0.4 is 0 Å². The number of unbranched alkanes of at least 4 members (excludes halogenated alkanes) is 1. The number of hydrogen-bond donors (Lipinski definition) is 0. The molecule has 2 heteroatoms. The van der Waals surface area contributed by atoms with Crippen LogP contribution in [-0.2, 0) is 5.41 Å². The third kappa shape index (κ3) is 2.31. The molecular weight excluding hydrogens is 166 g/mol. The highest BCUT2D eigenvalue weighted by Crippen LogP contribution is 2.29. The van der Waals surface area contributed by atoms with Gasteiger partial charge in [-0.1, -0.05) is 33.6 Å². The monoisotopic (exact) mass is 183 g/mol. The van der Waals surface area contributed by atoms with E-state index in [1.165, 1.54) is 24.3 Å². The number of nitrogens with zero attached hydrogens (tertiary/aromatic N) is 1. The lowest BCUT2D eigenvalue weighted by molar-refractivity contribution is 0.455. The predicted octanol–water partition coefficient (Wildman–Crippen LogP) is 3.61. The summed E-state index contributed by atoms with van der Waals surface area (Å²) in [6, 6.07) is 0. The number of rotatable bonds is 4. The third-order valence-corrected chi connectivity index (χ3v) is 3.31. The molecule has 1 rings (SSSR count). The van der Waals surface area contributed by atoms with E-state index in [4.69, 9.17) is 0 Å². The van der Waals surface area contributed by atoms with Crippen LogP contribution in [0.1, 0.15) is 45.0 Å². The van der Waals surface area contributed by atoms with Gasteiger partial charge in [0, 0.05) is 17.0 Å². The first kappa shape index (κ1) is 9.72. The molecule has 0 aliphatic carbocycles. The Morgan fingerprint density at radius 1 is 1.50 bits per heavy atom. The Kier molecular flexibility index (Phi) is 3.27. The van der Waals surface area contributed by atoms with Crippen LogP contribution in [0.25, 0.3) is 0 Å². The van der Waals surface area contributed by atoms with Gasteiger partial charge in [-0.25, -0.2) is 4.98 Å². The molecule has 0 saturated carbocycles. The van der Waals surface area contributed by atoms with Crippen molar-refractivity contribution in [3.8, 4) is 0 Å². The molecule has 0 N–H and O–H groups in total. The van der Waals surface area contributed by atoms with Crippen LogP contribution in [0, 0.1) is 0 Å². The van der Waals surface area contributed by atoms with Crippen molar-refractivity contribution in [1.29, 1.82) is 0 Å². The molecule has 0 radical (unpaired) electrons. The van der Waals surface area contributed by atoms with Crippen molar-refractivity contribution in [2.45, 2.75) is 45.4 Å². The van der Waals surface area contributed by atoms with Crippen molar-refractivity contribution in [2.24, 2.45) is 0 Å². The molecule has 0 atom stereocenters. The minimum Gasteiger partial charge on any atom is -0.249 e. The molecule has 0 saturated heterocycles. The van der Waals surface area contributed by atoms with E-state index in [2.05, 4.69) is 31.1 Å². The Hall–Kier alpha value is -0.370. The molecule has 1 aromatic heterocycles. The van der Waals surface area contributed by atoms with E-state index in [9.17, 15) is 0 Å². The summed E-state index contributed by atoms with van der Waals surface area (Å²) in [7, 11) is 0. The van der Waals surface area contributed by atoms with Crippen molar-refractivity contribution in [3.63, 3.8) is 0 Å². The van der Waals surface area contributed by atoms with Gasteiger partial charge in [0.05, 0.1) is 5.01 Å². The van der Waals surface area contributed by atoms with Gasteiger partial charge >= 0.3 is 0 Å². The summed E-state index contributed by atoms with van der Waals surface area (Å²) in [5.41, 5.74) is 0.282. The Labute approximate surface area is 78.8 Å². The summed E-state index contributed by atoms with van der Waals surface area (Å²) in [4.78, 5) is 4.36. The topological polar surface area (TPSA) is 12.9 Å². The second-order valence-electron chi connectivity index (χ2n) is 3.82. The fourth-order valence-electron chi connectivity index (χ4n) is 1.28. The van der Waals surface area contributed by atoms with E-state index in [1.54, 1.807) is 11.3 Å². The van der Waals surface area contributed by atoms with Crippen LogP contribution in [0.3, 0.4) is 0 Å². The molecule has 0 bridgehead atoms. The van der Waals surface area contributed by atoms with E-state index < -0.39 is 0 Å². The zero-order chi connectivity index (χ0) is 9.03. The molecule has 0 aliphatic rings. The first-order valence-corrected chi connectivity index (χ1v) is 5.45. The van der Waals surface area contributed by atoms with E-state index >= 15 is 0 Å². The lowest BCUT2D eigenvalue weighted by Gasteiger charge is -2.21. The minimum absolute atomic E-state index is 0.282. The van der Waals surface area contributed by atoms with Crippen molar-refractivity contribution < 1.29 is 0 Å². The van der Waals surface area contributed by atoms with Crippen LogP contribution in [-0.4, -0.2) is 4.98 Å². The highest BCUT2D eigenvalue weighted by molar-refractivity contribution is 7.09. The van der Waals surface area contributed by atoms with E-state index in [1.807, 2.05) is 6.20 Å². The number of thiazole rings is 1. The zero-order valence-electron chi connectivity index (χ0n) is 8.13. The summed E-state index contributed by atoms with van der Waals surface area (Å²) in [6.07, 6.45) is 5.71. The van der Waals surface area contributed by atoms with Crippen LogP contribution in [0.2, 0.25) is 0 Å². The SMILES string of the molecule is CCCCC(C)(C)c1nccs1. The minimum atomic E-state index is 0.282. The maximum atomic E-state index is 4.36. The van der Waals surface area contributed by atoms with Gasteiger partial charge in [-0.05, 0) is 6.42 Å². The van der Waals surface area contributed by atoms with Crippen molar-refractivity contribution >= 4 is 11.3 Å². The summed E-state index contributed by atoms with van der Waals surface area (Å²) in [5.74, 6) is 0. The first-order valence-electron chi connectivity index (χ1n) is 4.57. The summed E-state index contributed by atoms with van der Waals surface area (Å²) in [5, 5.41) is 3.33. The molecule has 68 valence electrons. The fourth-order valence-corrected chi connectivity index (χ4v) is 2.08. The lowest BCUT2D eigenvalue weighted by Crippen LogP contribution is -2.16. The Bertz CT molecular complexity index is 214. The molecule has 1 heterocycles. The van der Waals surface area contributed by atoms with Gasteiger partial charge in [0.25, 0.3) is 0 Å². The highest BCUT2D eigenvalue weighted by Gasteiger charge is 2.21. The van der Waals surface area contributed by atoms with Gasteiger partial charge in [0.1, 0.15) is 0 Å². The largest absolute Gasteiger partial charge is 0.249 e. The molecule has 0 spiro atoms. The average Bonchev–Trinajstić information content (AvgIpc) is 2.53. The second-order valence-corrected chi connectivity index (χ2v) is 4.72. The van der Waals surface area contributed by atoms with Gasteiger partial charge in [-0.2, -0.15) is 0 Å². The maximum absolute atomic E-state index is 4.36. The lowest BCUT2D eigenvalue weighted by atomic mass is 9.88. The molecule has 0 unspecified atom stereocenters. The Balaban J connectivity index is 2.59. The van der Waals surface area contributed by atoms with E-state index in [0.717, 1.165) is 0 Å². The molecule has 12 heavy (non-hydrogen) atoms. The van der Waals surface area contributed by atoms with Crippen LogP contribution in [0.5, 0.6) is 0 Å². The quantitative estimate of drug-likeness (QED) is 0.695. The normalized spacial score (nSPS) is 11.9. The zero-order valence-corrected chi connectivity index (χ0v) is 8.95. The molecule has 1 nitrogen and oxygen atoms in total. The molecule has 0 amide bonds.